The van der Waals surface area contributed by atoms with Gasteiger partial charge in [0.25, 0.3) is 0 Å². The largest absolute Gasteiger partial charge is 0.299 e. The van der Waals surface area contributed by atoms with Crippen LogP contribution < -0.4 is 0 Å². The van der Waals surface area contributed by atoms with E-state index in [1.807, 2.05) is 6.08 Å². The summed E-state index contributed by atoms with van der Waals surface area (Å²) in [5.41, 5.74) is 0. The number of hydrogen-bond donors (Lipinski definition) is 0. The Morgan fingerprint density at radius 2 is 1.93 bits per heavy atom. The summed E-state index contributed by atoms with van der Waals surface area (Å²) in [6.07, 6.45) is 9.19. The van der Waals surface area contributed by atoms with Crippen LogP contribution in [0.3, 0.4) is 0 Å². The number of ketones is 2. The third-order valence-corrected chi connectivity index (χ3v) is 3.38. The quantitative estimate of drug-likeness (QED) is 0.638. The Balaban J connectivity index is 2.09. The second kappa shape index (κ2) is 4.07. The second-order valence-corrected chi connectivity index (χ2v) is 4.31. The van der Waals surface area contributed by atoms with Crippen LogP contribution in [-0.4, -0.2) is 11.6 Å². The number of carbonyl (C=O) groups excluding carboxylic acids is 2. The first-order valence-electron chi connectivity index (χ1n) is 5.52. The van der Waals surface area contributed by atoms with E-state index < -0.39 is 0 Å². The Morgan fingerprint density at radius 3 is 2.64 bits per heavy atom. The maximum absolute atomic E-state index is 11.7. The summed E-state index contributed by atoms with van der Waals surface area (Å²) < 4.78 is 0. The zero-order chi connectivity index (χ0) is 9.97. The molecule has 76 valence electrons. The number of allylic oxidation sites excluding steroid dienone is 2. The van der Waals surface area contributed by atoms with Gasteiger partial charge in [0, 0.05) is 18.3 Å². The summed E-state index contributed by atoms with van der Waals surface area (Å²) in [4.78, 5) is 23.3. The highest BCUT2D eigenvalue weighted by Crippen LogP contribution is 2.32. The molecule has 0 aliphatic heterocycles. The minimum atomic E-state index is 0.00722. The van der Waals surface area contributed by atoms with Gasteiger partial charge in [0.2, 0.25) is 0 Å². The minimum absolute atomic E-state index is 0.00722. The lowest BCUT2D eigenvalue weighted by molar-refractivity contribution is -0.132. The van der Waals surface area contributed by atoms with Crippen molar-refractivity contribution < 1.29 is 9.59 Å². The Kier molecular flexibility index (Phi) is 2.80. The molecule has 0 aromatic heterocycles. The minimum Gasteiger partial charge on any atom is -0.299 e. The van der Waals surface area contributed by atoms with Gasteiger partial charge in [-0.2, -0.15) is 0 Å². The van der Waals surface area contributed by atoms with E-state index in [0.29, 0.717) is 12.2 Å². The van der Waals surface area contributed by atoms with E-state index in [0.717, 1.165) is 32.1 Å². The number of rotatable bonds is 1. The van der Waals surface area contributed by atoms with E-state index in [1.165, 1.54) is 0 Å². The smallest absolute Gasteiger partial charge is 0.159 e. The van der Waals surface area contributed by atoms with Gasteiger partial charge in [-0.15, -0.1) is 0 Å². The van der Waals surface area contributed by atoms with Gasteiger partial charge in [0.1, 0.15) is 5.78 Å². The fourth-order valence-corrected chi connectivity index (χ4v) is 2.58. The molecule has 2 heteroatoms. The van der Waals surface area contributed by atoms with E-state index in [1.54, 1.807) is 6.08 Å². The maximum atomic E-state index is 11.7. The van der Waals surface area contributed by atoms with Crippen molar-refractivity contribution in [1.29, 1.82) is 0 Å². The zero-order valence-corrected chi connectivity index (χ0v) is 8.37. The molecule has 1 saturated carbocycles. The first-order valence-corrected chi connectivity index (χ1v) is 5.52. The molecular weight excluding hydrogens is 176 g/mol. The van der Waals surface area contributed by atoms with Crippen molar-refractivity contribution in [2.75, 3.05) is 0 Å². The first kappa shape index (κ1) is 9.63. The van der Waals surface area contributed by atoms with Crippen LogP contribution in [-0.2, 0) is 9.59 Å². The molecule has 0 spiro atoms. The van der Waals surface area contributed by atoms with Gasteiger partial charge in [-0.3, -0.25) is 9.59 Å². The van der Waals surface area contributed by atoms with Gasteiger partial charge in [-0.25, -0.2) is 0 Å². The standard InChI is InChI=1S/C12H16O2/c13-11-7-3-1-5-9(11)10-6-2-4-8-12(10)14/h3,7,9-10H,1-2,4-6,8H2/t9-,10-/m1/s1. The van der Waals surface area contributed by atoms with E-state index in [-0.39, 0.29) is 17.6 Å². The highest BCUT2D eigenvalue weighted by molar-refractivity contribution is 5.96. The van der Waals surface area contributed by atoms with Gasteiger partial charge in [-0.05, 0) is 31.8 Å². The van der Waals surface area contributed by atoms with Crippen molar-refractivity contribution >= 4 is 11.6 Å². The van der Waals surface area contributed by atoms with Crippen molar-refractivity contribution in [2.24, 2.45) is 11.8 Å². The monoisotopic (exact) mass is 192 g/mol. The van der Waals surface area contributed by atoms with Gasteiger partial charge < -0.3 is 0 Å². The van der Waals surface area contributed by atoms with Crippen LogP contribution in [0.15, 0.2) is 12.2 Å². The molecule has 0 amide bonds. The average Bonchev–Trinajstić information content (AvgIpc) is 2.20. The molecule has 0 radical (unpaired) electrons. The predicted molar refractivity (Wildman–Crippen MR) is 53.8 cm³/mol. The third-order valence-electron chi connectivity index (χ3n) is 3.38. The molecule has 0 N–H and O–H groups in total. The van der Waals surface area contributed by atoms with E-state index in [9.17, 15) is 9.59 Å². The van der Waals surface area contributed by atoms with Crippen LogP contribution in [0, 0.1) is 11.8 Å². The highest BCUT2D eigenvalue weighted by atomic mass is 16.1. The lowest BCUT2D eigenvalue weighted by Gasteiger charge is -2.28. The molecule has 1 fully saturated rings. The van der Waals surface area contributed by atoms with Crippen molar-refractivity contribution in [3.8, 4) is 0 Å². The number of carbonyl (C=O) groups is 2. The third kappa shape index (κ3) is 1.79. The summed E-state index contributed by atoms with van der Waals surface area (Å²) >= 11 is 0. The Hall–Kier alpha value is -0.920. The van der Waals surface area contributed by atoms with E-state index in [2.05, 4.69) is 0 Å². The van der Waals surface area contributed by atoms with Crippen LogP contribution in [0.25, 0.3) is 0 Å². The van der Waals surface area contributed by atoms with Crippen LogP contribution in [0.2, 0.25) is 0 Å². The van der Waals surface area contributed by atoms with Gasteiger partial charge >= 0.3 is 0 Å². The zero-order valence-electron chi connectivity index (χ0n) is 8.37. The van der Waals surface area contributed by atoms with Crippen LogP contribution in [0.5, 0.6) is 0 Å². The summed E-state index contributed by atoms with van der Waals surface area (Å²) in [6.45, 7) is 0. The van der Waals surface area contributed by atoms with Gasteiger partial charge in [-0.1, -0.05) is 12.5 Å². The molecule has 2 aliphatic carbocycles. The molecule has 2 rings (SSSR count). The molecule has 0 bridgehead atoms. The molecule has 0 heterocycles. The molecule has 14 heavy (non-hydrogen) atoms. The van der Waals surface area contributed by atoms with Crippen LogP contribution >= 0.6 is 0 Å². The van der Waals surface area contributed by atoms with Gasteiger partial charge in [0.15, 0.2) is 5.78 Å². The normalized spacial score (nSPS) is 33.4. The average molecular weight is 192 g/mol. The Bertz CT molecular complexity index is 278. The Morgan fingerprint density at radius 1 is 1.07 bits per heavy atom. The van der Waals surface area contributed by atoms with Crippen LogP contribution in [0.1, 0.15) is 38.5 Å². The Labute approximate surface area is 84.4 Å². The molecule has 0 saturated heterocycles. The summed E-state index contributed by atoms with van der Waals surface area (Å²) in [5.74, 6) is 0.551. The number of Topliss-reactive ketones (excluding diaryl/α,β-unsaturated/α-hetero) is 1. The van der Waals surface area contributed by atoms with Crippen molar-refractivity contribution in [2.45, 2.75) is 38.5 Å². The molecule has 2 aliphatic rings. The molecule has 0 aromatic carbocycles. The molecule has 2 nitrogen and oxygen atoms in total. The van der Waals surface area contributed by atoms with Crippen molar-refractivity contribution in [3.05, 3.63) is 12.2 Å². The first-order chi connectivity index (χ1) is 6.79. The second-order valence-electron chi connectivity index (χ2n) is 4.31. The lowest BCUT2D eigenvalue weighted by Crippen LogP contribution is -2.32. The summed E-state index contributed by atoms with van der Waals surface area (Å²) in [7, 11) is 0. The van der Waals surface area contributed by atoms with Crippen LogP contribution in [0.4, 0.5) is 0 Å². The predicted octanol–water partition coefficient (Wildman–Crippen LogP) is 2.28. The summed E-state index contributed by atoms with van der Waals surface area (Å²) in [5, 5.41) is 0. The molecule has 0 aromatic rings. The lowest BCUT2D eigenvalue weighted by atomic mass is 9.74. The van der Waals surface area contributed by atoms with Crippen molar-refractivity contribution in [3.63, 3.8) is 0 Å². The van der Waals surface area contributed by atoms with Crippen molar-refractivity contribution in [1.82, 2.24) is 0 Å². The van der Waals surface area contributed by atoms with E-state index >= 15 is 0 Å². The topological polar surface area (TPSA) is 34.1 Å². The maximum Gasteiger partial charge on any atom is 0.159 e. The fraction of sp³-hybridized carbons (Fsp3) is 0.667. The molecule has 0 unspecified atom stereocenters. The SMILES string of the molecule is O=C1C=CCC[C@@H]1[C@H]1CCCCC1=O. The number of hydrogen-bond acceptors (Lipinski definition) is 2. The fourth-order valence-electron chi connectivity index (χ4n) is 2.58. The van der Waals surface area contributed by atoms with Gasteiger partial charge in [0.05, 0.1) is 0 Å². The summed E-state index contributed by atoms with van der Waals surface area (Å²) in [6, 6.07) is 0. The van der Waals surface area contributed by atoms with E-state index in [4.69, 9.17) is 0 Å². The molecule has 2 atom stereocenters. The molecular formula is C12H16O2. The highest BCUT2D eigenvalue weighted by Gasteiger charge is 2.34.